The normalized spacial score (nSPS) is 10.3. The molecule has 1 heterocycles. The Morgan fingerprint density at radius 1 is 0.846 bits per heavy atom. The fourth-order valence-electron chi connectivity index (χ4n) is 2.37. The fourth-order valence-corrected chi connectivity index (χ4v) is 2.37. The summed E-state index contributed by atoms with van der Waals surface area (Å²) in [4.78, 5) is 24.1. The van der Waals surface area contributed by atoms with Gasteiger partial charge >= 0.3 is 5.97 Å². The minimum atomic E-state index is -0.464. The summed E-state index contributed by atoms with van der Waals surface area (Å²) in [5.74, 6) is 0.00154. The molecule has 0 aliphatic rings. The van der Waals surface area contributed by atoms with Crippen molar-refractivity contribution in [3.05, 3.63) is 100 Å². The summed E-state index contributed by atoms with van der Waals surface area (Å²) in [5, 5.41) is 0. The van der Waals surface area contributed by atoms with Gasteiger partial charge in [0.1, 0.15) is 25.5 Å². The minimum absolute atomic E-state index is 0.134. The molecule has 0 N–H and O–H groups in total. The van der Waals surface area contributed by atoms with Crippen molar-refractivity contribution in [1.29, 1.82) is 0 Å². The number of esters is 1. The van der Waals surface area contributed by atoms with Gasteiger partial charge in [-0.15, -0.1) is 0 Å². The van der Waals surface area contributed by atoms with Gasteiger partial charge in [-0.2, -0.15) is 0 Å². The van der Waals surface area contributed by atoms with Crippen LogP contribution >= 0.6 is 0 Å². The molecule has 132 valence electrons. The van der Waals surface area contributed by atoms with Crippen molar-refractivity contribution in [1.82, 2.24) is 4.57 Å². The third-order valence-electron chi connectivity index (χ3n) is 3.76. The van der Waals surface area contributed by atoms with Gasteiger partial charge in [0.25, 0.3) is 5.56 Å². The van der Waals surface area contributed by atoms with Crippen LogP contribution in [-0.4, -0.2) is 10.5 Å². The van der Waals surface area contributed by atoms with Crippen LogP contribution in [-0.2, 0) is 29.3 Å². The van der Waals surface area contributed by atoms with Gasteiger partial charge in [-0.05, 0) is 17.2 Å². The Labute approximate surface area is 151 Å². The lowest BCUT2D eigenvalue weighted by atomic mass is 10.2. The molecule has 5 nitrogen and oxygen atoms in total. The van der Waals surface area contributed by atoms with E-state index in [1.165, 1.54) is 16.8 Å². The van der Waals surface area contributed by atoms with Crippen molar-refractivity contribution in [3.8, 4) is 5.75 Å². The van der Waals surface area contributed by atoms with Gasteiger partial charge in [-0.25, -0.2) is 0 Å². The van der Waals surface area contributed by atoms with Gasteiger partial charge in [0.15, 0.2) is 0 Å². The molecule has 0 aliphatic heterocycles. The van der Waals surface area contributed by atoms with E-state index in [0.29, 0.717) is 12.4 Å². The Kier molecular flexibility index (Phi) is 5.83. The predicted octanol–water partition coefficient (Wildman–Crippen LogP) is 3.17. The molecule has 0 atom stereocenters. The topological polar surface area (TPSA) is 57.5 Å². The predicted molar refractivity (Wildman–Crippen MR) is 97.7 cm³/mol. The first-order valence-electron chi connectivity index (χ1n) is 8.27. The van der Waals surface area contributed by atoms with E-state index in [9.17, 15) is 9.59 Å². The van der Waals surface area contributed by atoms with E-state index in [1.807, 2.05) is 60.7 Å². The lowest BCUT2D eigenvalue weighted by molar-refractivity contribution is -0.145. The van der Waals surface area contributed by atoms with Crippen molar-refractivity contribution in [2.45, 2.75) is 19.8 Å². The first-order valence-corrected chi connectivity index (χ1v) is 8.27. The number of ether oxygens (including phenoxy) is 2. The average molecular weight is 349 g/mol. The van der Waals surface area contributed by atoms with Gasteiger partial charge in [-0.1, -0.05) is 60.7 Å². The number of aromatic nitrogens is 1. The molecule has 1 aromatic heterocycles. The van der Waals surface area contributed by atoms with Crippen LogP contribution in [0, 0.1) is 0 Å². The highest BCUT2D eigenvalue weighted by Crippen LogP contribution is 2.10. The Balaban J connectivity index is 1.54. The molecule has 0 saturated heterocycles. The van der Waals surface area contributed by atoms with Crippen molar-refractivity contribution < 1.29 is 14.3 Å². The molecule has 0 spiro atoms. The zero-order valence-corrected chi connectivity index (χ0v) is 14.2. The lowest BCUT2D eigenvalue weighted by Gasteiger charge is -2.09. The van der Waals surface area contributed by atoms with Crippen molar-refractivity contribution in [2.24, 2.45) is 0 Å². The third-order valence-corrected chi connectivity index (χ3v) is 3.76. The quantitative estimate of drug-likeness (QED) is 0.615. The van der Waals surface area contributed by atoms with Crippen LogP contribution in [0.1, 0.15) is 11.1 Å². The summed E-state index contributed by atoms with van der Waals surface area (Å²) < 4.78 is 12.1. The van der Waals surface area contributed by atoms with E-state index in [2.05, 4.69) is 0 Å². The molecule has 0 saturated carbocycles. The average Bonchev–Trinajstić information content (AvgIpc) is 2.68. The molecule has 0 bridgehead atoms. The summed E-state index contributed by atoms with van der Waals surface area (Å²) in [6.07, 6.45) is 1.53. The van der Waals surface area contributed by atoms with Crippen LogP contribution in [0.5, 0.6) is 5.75 Å². The van der Waals surface area contributed by atoms with E-state index < -0.39 is 5.97 Å². The van der Waals surface area contributed by atoms with E-state index in [-0.39, 0.29) is 18.7 Å². The Bertz CT molecular complexity index is 904. The number of nitrogens with zero attached hydrogens (tertiary/aromatic N) is 1. The number of carbonyl (C=O) groups is 1. The van der Waals surface area contributed by atoms with E-state index in [1.54, 1.807) is 6.07 Å². The van der Waals surface area contributed by atoms with Crippen LogP contribution in [0.3, 0.4) is 0 Å². The molecule has 3 aromatic rings. The molecule has 0 fully saturated rings. The standard InChI is InChI=1S/C21H19NO4/c23-20-13-19(25-15-17-7-3-1-4-8-17)11-12-22(20)14-21(24)26-16-18-9-5-2-6-10-18/h1-13H,14-16H2. The van der Waals surface area contributed by atoms with Gasteiger partial charge in [0, 0.05) is 12.3 Å². The van der Waals surface area contributed by atoms with Crippen molar-refractivity contribution >= 4 is 5.97 Å². The molecule has 0 aliphatic carbocycles. The maximum atomic E-state index is 12.1. The highest BCUT2D eigenvalue weighted by molar-refractivity contribution is 5.69. The largest absolute Gasteiger partial charge is 0.489 e. The summed E-state index contributed by atoms with van der Waals surface area (Å²) in [6, 6.07) is 22.1. The van der Waals surface area contributed by atoms with Crippen LogP contribution < -0.4 is 10.3 Å². The summed E-state index contributed by atoms with van der Waals surface area (Å²) in [6.45, 7) is 0.431. The SMILES string of the molecule is O=C(Cn1ccc(OCc2ccccc2)cc1=O)OCc1ccccc1. The number of carbonyl (C=O) groups excluding carboxylic acids is 1. The van der Waals surface area contributed by atoms with E-state index in [0.717, 1.165) is 11.1 Å². The number of hydrogen-bond donors (Lipinski definition) is 0. The van der Waals surface area contributed by atoms with Crippen molar-refractivity contribution in [2.75, 3.05) is 0 Å². The first kappa shape index (κ1) is 17.5. The third kappa shape index (κ3) is 5.08. The van der Waals surface area contributed by atoms with E-state index in [4.69, 9.17) is 9.47 Å². The molecule has 0 unspecified atom stereocenters. The van der Waals surface area contributed by atoms with E-state index >= 15 is 0 Å². The smallest absolute Gasteiger partial charge is 0.326 e. The minimum Gasteiger partial charge on any atom is -0.489 e. The van der Waals surface area contributed by atoms with Crippen LogP contribution in [0.4, 0.5) is 0 Å². The van der Waals surface area contributed by atoms with Crippen LogP contribution in [0.2, 0.25) is 0 Å². The zero-order valence-electron chi connectivity index (χ0n) is 14.2. The molecule has 26 heavy (non-hydrogen) atoms. The molecule has 5 heteroatoms. The Hall–Kier alpha value is -3.34. The van der Waals surface area contributed by atoms with Gasteiger partial charge in [0.2, 0.25) is 0 Å². The maximum Gasteiger partial charge on any atom is 0.326 e. The zero-order chi connectivity index (χ0) is 18.2. The second kappa shape index (κ2) is 8.67. The summed E-state index contributed by atoms with van der Waals surface area (Å²) in [5.41, 5.74) is 1.60. The molecular formula is C21H19NO4. The molecule has 3 rings (SSSR count). The molecule has 2 aromatic carbocycles. The summed E-state index contributed by atoms with van der Waals surface area (Å²) in [7, 11) is 0. The maximum absolute atomic E-state index is 12.1. The Morgan fingerprint density at radius 3 is 2.08 bits per heavy atom. The Morgan fingerprint density at radius 2 is 1.46 bits per heavy atom. The molecule has 0 amide bonds. The molecule has 0 radical (unpaired) electrons. The van der Waals surface area contributed by atoms with Gasteiger partial charge in [0.05, 0.1) is 0 Å². The summed E-state index contributed by atoms with van der Waals surface area (Å²) >= 11 is 0. The number of hydrogen-bond acceptors (Lipinski definition) is 4. The monoisotopic (exact) mass is 349 g/mol. The number of benzene rings is 2. The highest BCUT2D eigenvalue weighted by atomic mass is 16.5. The molecular weight excluding hydrogens is 330 g/mol. The lowest BCUT2D eigenvalue weighted by Crippen LogP contribution is -2.24. The number of pyridine rings is 1. The fraction of sp³-hybridized carbons (Fsp3) is 0.143. The van der Waals surface area contributed by atoms with Crippen molar-refractivity contribution in [3.63, 3.8) is 0 Å². The second-order valence-corrected chi connectivity index (χ2v) is 5.75. The van der Waals surface area contributed by atoms with Gasteiger partial charge in [-0.3, -0.25) is 9.59 Å². The number of rotatable bonds is 7. The second-order valence-electron chi connectivity index (χ2n) is 5.75. The highest BCUT2D eigenvalue weighted by Gasteiger charge is 2.07. The first-order chi connectivity index (χ1) is 12.7. The van der Waals surface area contributed by atoms with Crippen LogP contribution in [0.25, 0.3) is 0 Å². The van der Waals surface area contributed by atoms with Gasteiger partial charge < -0.3 is 14.0 Å². The van der Waals surface area contributed by atoms with Crippen LogP contribution in [0.15, 0.2) is 83.8 Å².